The second-order valence-corrected chi connectivity index (χ2v) is 5.78. The van der Waals surface area contributed by atoms with E-state index in [0.29, 0.717) is 21.9 Å². The molecule has 0 aromatic carbocycles. The van der Waals surface area contributed by atoms with Gasteiger partial charge in [-0.1, -0.05) is 23.2 Å². The molecule has 1 aliphatic heterocycles. The van der Waals surface area contributed by atoms with Crippen LogP contribution < -0.4 is 10.2 Å². The number of hydrogen-bond donors (Lipinski definition) is 1. The average Bonchev–Trinajstić information content (AvgIpc) is 3.02. The van der Waals surface area contributed by atoms with Gasteiger partial charge in [-0.05, 0) is 12.5 Å². The summed E-state index contributed by atoms with van der Waals surface area (Å²) in [5, 5.41) is 8.67. The molecule has 3 rings (SSSR count). The summed E-state index contributed by atoms with van der Waals surface area (Å²) in [6.07, 6.45) is 6.55. The van der Waals surface area contributed by atoms with Crippen LogP contribution in [0.2, 0.25) is 10.0 Å². The van der Waals surface area contributed by atoms with Crippen LogP contribution in [0, 0.1) is 0 Å². The van der Waals surface area contributed by atoms with Crippen molar-refractivity contribution in [3.63, 3.8) is 0 Å². The van der Waals surface area contributed by atoms with E-state index in [1.54, 1.807) is 12.3 Å². The van der Waals surface area contributed by atoms with Gasteiger partial charge in [0.2, 0.25) is 0 Å². The minimum absolute atomic E-state index is 0.321. The number of nitrogens with zero attached hydrogens (tertiary/aromatic N) is 4. The largest absolute Gasteiger partial charge is 0.367 e. The summed E-state index contributed by atoms with van der Waals surface area (Å²) >= 11 is 12.0. The van der Waals surface area contributed by atoms with Crippen molar-refractivity contribution in [2.75, 3.05) is 23.3 Å². The fourth-order valence-electron chi connectivity index (χ4n) is 2.40. The van der Waals surface area contributed by atoms with Crippen molar-refractivity contribution < 1.29 is 0 Å². The third kappa shape index (κ3) is 2.83. The normalized spacial score (nSPS) is 18.6. The first-order valence-corrected chi connectivity index (χ1v) is 7.18. The van der Waals surface area contributed by atoms with E-state index in [9.17, 15) is 0 Å². The number of aryl methyl sites for hydroxylation is 1. The molecule has 1 atom stereocenters. The van der Waals surface area contributed by atoms with E-state index in [-0.39, 0.29) is 0 Å². The number of hydrogen-bond acceptors (Lipinski definition) is 4. The van der Waals surface area contributed by atoms with Crippen molar-refractivity contribution >= 4 is 34.7 Å². The zero-order valence-corrected chi connectivity index (χ0v) is 12.6. The topological polar surface area (TPSA) is 46.0 Å². The third-order valence-electron chi connectivity index (χ3n) is 3.39. The predicted octanol–water partition coefficient (Wildman–Crippen LogP) is 2.81. The number of rotatable bonds is 3. The second kappa shape index (κ2) is 5.50. The van der Waals surface area contributed by atoms with Gasteiger partial charge in [-0.3, -0.25) is 4.68 Å². The molecule has 0 bridgehead atoms. The molecule has 0 spiro atoms. The molecular formula is C13H15Cl2N5. The van der Waals surface area contributed by atoms with Crippen LogP contribution in [-0.4, -0.2) is 33.9 Å². The van der Waals surface area contributed by atoms with Crippen molar-refractivity contribution in [3.8, 4) is 0 Å². The Morgan fingerprint density at radius 2 is 2.20 bits per heavy atom. The van der Waals surface area contributed by atoms with Gasteiger partial charge in [0.25, 0.3) is 0 Å². The predicted molar refractivity (Wildman–Crippen MR) is 81.7 cm³/mol. The van der Waals surface area contributed by atoms with Gasteiger partial charge in [0, 0.05) is 38.6 Å². The first kappa shape index (κ1) is 13.5. The molecule has 1 aliphatic rings. The second-order valence-electron chi connectivity index (χ2n) is 4.93. The quantitative estimate of drug-likeness (QED) is 0.947. The molecule has 106 valence electrons. The number of pyridine rings is 1. The van der Waals surface area contributed by atoms with Crippen LogP contribution in [0.3, 0.4) is 0 Å². The molecule has 2 aromatic rings. The maximum absolute atomic E-state index is 6.13. The maximum Gasteiger partial charge on any atom is 0.145 e. The van der Waals surface area contributed by atoms with Gasteiger partial charge < -0.3 is 10.2 Å². The zero-order chi connectivity index (χ0) is 14.1. The number of aromatic nitrogens is 3. The number of halogens is 2. The number of nitrogens with one attached hydrogen (secondary N) is 1. The third-order valence-corrected chi connectivity index (χ3v) is 3.89. The fraction of sp³-hybridized carbons (Fsp3) is 0.385. The van der Waals surface area contributed by atoms with Gasteiger partial charge >= 0.3 is 0 Å². The van der Waals surface area contributed by atoms with Gasteiger partial charge in [-0.25, -0.2) is 4.98 Å². The van der Waals surface area contributed by atoms with Crippen LogP contribution in [0.25, 0.3) is 0 Å². The molecule has 2 aromatic heterocycles. The van der Waals surface area contributed by atoms with Crippen LogP contribution in [-0.2, 0) is 7.05 Å². The highest BCUT2D eigenvalue weighted by atomic mass is 35.5. The molecule has 7 heteroatoms. The first-order chi connectivity index (χ1) is 9.61. The Morgan fingerprint density at radius 1 is 1.35 bits per heavy atom. The molecule has 1 N–H and O–H groups in total. The van der Waals surface area contributed by atoms with Crippen LogP contribution in [0.1, 0.15) is 6.42 Å². The van der Waals surface area contributed by atoms with Crippen LogP contribution in [0.5, 0.6) is 0 Å². The zero-order valence-electron chi connectivity index (χ0n) is 11.1. The van der Waals surface area contributed by atoms with E-state index in [2.05, 4.69) is 20.3 Å². The van der Waals surface area contributed by atoms with E-state index in [0.717, 1.165) is 25.2 Å². The molecule has 0 aliphatic carbocycles. The minimum atomic E-state index is 0.321. The van der Waals surface area contributed by atoms with Crippen molar-refractivity contribution in [1.82, 2.24) is 14.8 Å². The van der Waals surface area contributed by atoms with E-state index in [4.69, 9.17) is 23.2 Å². The van der Waals surface area contributed by atoms with Crippen molar-refractivity contribution in [2.45, 2.75) is 12.5 Å². The Morgan fingerprint density at radius 3 is 2.90 bits per heavy atom. The molecule has 3 heterocycles. The molecule has 0 amide bonds. The van der Waals surface area contributed by atoms with E-state index in [1.165, 1.54) is 0 Å². The van der Waals surface area contributed by atoms with E-state index < -0.39 is 0 Å². The molecule has 5 nitrogen and oxygen atoms in total. The summed E-state index contributed by atoms with van der Waals surface area (Å²) in [4.78, 5) is 6.53. The van der Waals surface area contributed by atoms with Crippen molar-refractivity contribution in [2.24, 2.45) is 7.05 Å². The van der Waals surface area contributed by atoms with Crippen LogP contribution in [0.15, 0.2) is 24.7 Å². The lowest BCUT2D eigenvalue weighted by molar-refractivity contribution is 0.767. The standard InChI is InChI=1S/C13H15Cl2N5/c1-19-8-11(6-17-19)20-3-2-10(7-20)18-13-12(15)4-9(14)5-16-13/h4-6,8,10H,2-3,7H2,1H3,(H,16,18). The highest BCUT2D eigenvalue weighted by Crippen LogP contribution is 2.26. The molecule has 1 fully saturated rings. The first-order valence-electron chi connectivity index (χ1n) is 6.43. The Bertz CT molecular complexity index is 613. The smallest absolute Gasteiger partial charge is 0.145 e. The summed E-state index contributed by atoms with van der Waals surface area (Å²) in [6, 6.07) is 2.02. The molecule has 0 radical (unpaired) electrons. The number of anilines is 2. The Kier molecular flexibility index (Phi) is 3.72. The average molecular weight is 312 g/mol. The molecule has 1 unspecified atom stereocenters. The molecule has 1 saturated heterocycles. The van der Waals surface area contributed by atoms with Gasteiger partial charge in [0.1, 0.15) is 5.82 Å². The lowest BCUT2D eigenvalue weighted by Crippen LogP contribution is -2.26. The van der Waals surface area contributed by atoms with Crippen molar-refractivity contribution in [3.05, 3.63) is 34.7 Å². The van der Waals surface area contributed by atoms with Gasteiger partial charge in [0.15, 0.2) is 0 Å². The highest BCUT2D eigenvalue weighted by molar-refractivity contribution is 6.35. The van der Waals surface area contributed by atoms with Crippen LogP contribution >= 0.6 is 23.2 Å². The van der Waals surface area contributed by atoms with Gasteiger partial charge in [-0.15, -0.1) is 0 Å². The lowest BCUT2D eigenvalue weighted by atomic mass is 10.2. The SMILES string of the molecule is Cn1cc(N2CCC(Nc3ncc(Cl)cc3Cl)C2)cn1. The monoisotopic (exact) mass is 311 g/mol. The van der Waals surface area contributed by atoms with E-state index >= 15 is 0 Å². The summed E-state index contributed by atoms with van der Waals surface area (Å²) in [7, 11) is 1.92. The summed E-state index contributed by atoms with van der Waals surface area (Å²) in [5.74, 6) is 0.689. The summed E-state index contributed by atoms with van der Waals surface area (Å²) in [6.45, 7) is 1.90. The fourth-order valence-corrected chi connectivity index (χ4v) is 2.83. The molecule has 20 heavy (non-hydrogen) atoms. The Hall–Kier alpha value is -1.46. The maximum atomic E-state index is 6.13. The van der Waals surface area contributed by atoms with Crippen LogP contribution in [0.4, 0.5) is 11.5 Å². The van der Waals surface area contributed by atoms with Gasteiger partial charge in [-0.2, -0.15) is 5.10 Å². The minimum Gasteiger partial charge on any atom is -0.367 e. The lowest BCUT2D eigenvalue weighted by Gasteiger charge is -2.17. The summed E-state index contributed by atoms with van der Waals surface area (Å²) < 4.78 is 1.81. The molecular weight excluding hydrogens is 297 g/mol. The van der Waals surface area contributed by atoms with E-state index in [1.807, 2.05) is 24.1 Å². The van der Waals surface area contributed by atoms with Gasteiger partial charge in [0.05, 0.1) is 21.9 Å². The Balaban J connectivity index is 1.65. The highest BCUT2D eigenvalue weighted by Gasteiger charge is 2.24. The molecule has 0 saturated carbocycles. The Labute approximate surface area is 127 Å². The van der Waals surface area contributed by atoms with Crippen molar-refractivity contribution in [1.29, 1.82) is 0 Å². The summed E-state index contributed by atoms with van der Waals surface area (Å²) in [5.41, 5.74) is 1.15.